The Labute approximate surface area is 148 Å². The number of amides is 1. The van der Waals surface area contributed by atoms with Crippen LogP contribution in [0.3, 0.4) is 0 Å². The first kappa shape index (κ1) is 17.5. The predicted octanol–water partition coefficient (Wildman–Crippen LogP) is 3.44. The summed E-state index contributed by atoms with van der Waals surface area (Å²) in [6.07, 6.45) is 0.345. The van der Waals surface area contributed by atoms with E-state index < -0.39 is 0 Å². The van der Waals surface area contributed by atoms with Crippen LogP contribution in [0, 0.1) is 5.82 Å². The van der Waals surface area contributed by atoms with E-state index in [0.29, 0.717) is 27.7 Å². The lowest BCUT2D eigenvalue weighted by molar-refractivity contribution is -0.116. The summed E-state index contributed by atoms with van der Waals surface area (Å²) in [5, 5.41) is 3.30. The number of rotatable bonds is 5. The highest BCUT2D eigenvalue weighted by atomic mass is 19.1. The second-order valence-electron chi connectivity index (χ2n) is 6.04. The molecular weight excluding hydrogens is 335 g/mol. The van der Waals surface area contributed by atoms with Crippen LogP contribution in [0.15, 0.2) is 53.3 Å². The number of carbonyl (C=O) groups is 2. The highest BCUT2D eigenvalue weighted by Gasteiger charge is 2.08. The fourth-order valence-corrected chi connectivity index (χ4v) is 2.67. The Kier molecular flexibility index (Phi) is 4.93. The van der Waals surface area contributed by atoms with Gasteiger partial charge in [-0.05, 0) is 61.9 Å². The number of hydrogen-bond donors (Lipinski definition) is 2. The molecule has 0 fully saturated rings. The standard InChI is InChI=1S/C20H17FN2O3/c1-12(24)13-2-6-17(7-3-13)22-19(25)9-4-14-10-15-11-16(21)5-8-18(15)23-20(14)26/h2-3,5-8,10-11H,4,9H2,1H3,(H,22,25)(H,23,26). The average molecular weight is 352 g/mol. The van der Waals surface area contributed by atoms with Gasteiger partial charge in [0.15, 0.2) is 5.78 Å². The van der Waals surface area contributed by atoms with Gasteiger partial charge in [-0.3, -0.25) is 14.4 Å². The van der Waals surface area contributed by atoms with Gasteiger partial charge in [0.05, 0.1) is 0 Å². The van der Waals surface area contributed by atoms with Crippen molar-refractivity contribution in [2.75, 3.05) is 5.32 Å². The van der Waals surface area contributed by atoms with Gasteiger partial charge in [0, 0.05) is 34.1 Å². The Balaban J connectivity index is 1.67. The van der Waals surface area contributed by atoms with Crippen LogP contribution in [-0.2, 0) is 11.2 Å². The number of aromatic nitrogens is 1. The molecule has 132 valence electrons. The van der Waals surface area contributed by atoms with Crippen LogP contribution in [-0.4, -0.2) is 16.7 Å². The smallest absolute Gasteiger partial charge is 0.251 e. The van der Waals surface area contributed by atoms with Gasteiger partial charge in [-0.2, -0.15) is 0 Å². The van der Waals surface area contributed by atoms with Gasteiger partial charge in [0.25, 0.3) is 5.56 Å². The maximum Gasteiger partial charge on any atom is 0.251 e. The predicted molar refractivity (Wildman–Crippen MR) is 97.9 cm³/mol. The Hall–Kier alpha value is -3.28. The van der Waals surface area contributed by atoms with E-state index in [2.05, 4.69) is 10.3 Å². The number of H-pyrrole nitrogens is 1. The monoisotopic (exact) mass is 352 g/mol. The van der Waals surface area contributed by atoms with Crippen molar-refractivity contribution >= 4 is 28.3 Å². The SMILES string of the molecule is CC(=O)c1ccc(NC(=O)CCc2cc3cc(F)ccc3[nH]c2=O)cc1. The summed E-state index contributed by atoms with van der Waals surface area (Å²) < 4.78 is 13.3. The zero-order chi connectivity index (χ0) is 18.7. The van der Waals surface area contributed by atoms with E-state index in [4.69, 9.17) is 0 Å². The third kappa shape index (κ3) is 4.03. The molecule has 1 heterocycles. The number of nitrogens with one attached hydrogen (secondary N) is 2. The minimum atomic E-state index is -0.387. The Morgan fingerprint density at radius 1 is 1.08 bits per heavy atom. The van der Waals surface area contributed by atoms with E-state index in [1.807, 2.05) is 0 Å². The Morgan fingerprint density at radius 3 is 2.50 bits per heavy atom. The molecule has 3 aromatic rings. The quantitative estimate of drug-likeness (QED) is 0.691. The Bertz CT molecular complexity index is 1040. The van der Waals surface area contributed by atoms with Gasteiger partial charge in [0.1, 0.15) is 5.82 Å². The van der Waals surface area contributed by atoms with Gasteiger partial charge >= 0.3 is 0 Å². The fourth-order valence-electron chi connectivity index (χ4n) is 2.67. The molecule has 0 radical (unpaired) electrons. The second kappa shape index (κ2) is 7.31. The van der Waals surface area contributed by atoms with Crippen LogP contribution >= 0.6 is 0 Å². The molecule has 0 unspecified atom stereocenters. The van der Waals surface area contributed by atoms with Crippen LogP contribution in [0.4, 0.5) is 10.1 Å². The molecule has 0 saturated heterocycles. The lowest BCUT2D eigenvalue weighted by Crippen LogP contribution is -2.17. The van der Waals surface area contributed by atoms with Gasteiger partial charge in [-0.25, -0.2) is 4.39 Å². The molecule has 6 heteroatoms. The number of ketones is 1. The highest BCUT2D eigenvalue weighted by Crippen LogP contribution is 2.14. The third-order valence-electron chi connectivity index (χ3n) is 4.08. The van der Waals surface area contributed by atoms with Gasteiger partial charge in [0.2, 0.25) is 5.91 Å². The van der Waals surface area contributed by atoms with Gasteiger partial charge in [-0.15, -0.1) is 0 Å². The maximum absolute atomic E-state index is 13.3. The molecule has 3 rings (SSSR count). The number of pyridine rings is 1. The fraction of sp³-hybridized carbons (Fsp3) is 0.150. The summed E-state index contributed by atoms with van der Waals surface area (Å²) in [4.78, 5) is 38.1. The second-order valence-corrected chi connectivity index (χ2v) is 6.04. The summed E-state index contributed by atoms with van der Waals surface area (Å²) >= 11 is 0. The number of Topliss-reactive ketones (excluding diaryl/α,β-unsaturated/α-hetero) is 1. The lowest BCUT2D eigenvalue weighted by Gasteiger charge is -2.06. The van der Waals surface area contributed by atoms with Crippen molar-refractivity contribution in [2.45, 2.75) is 19.8 Å². The lowest BCUT2D eigenvalue weighted by atomic mass is 10.1. The first-order chi connectivity index (χ1) is 12.4. The molecule has 5 nitrogen and oxygen atoms in total. The van der Waals surface area contributed by atoms with Crippen molar-refractivity contribution in [3.63, 3.8) is 0 Å². The van der Waals surface area contributed by atoms with Crippen LogP contribution in [0.1, 0.15) is 29.3 Å². The van der Waals surface area contributed by atoms with Crippen molar-refractivity contribution < 1.29 is 14.0 Å². The molecule has 26 heavy (non-hydrogen) atoms. The van der Waals surface area contributed by atoms with Crippen LogP contribution in [0.2, 0.25) is 0 Å². The number of aryl methyl sites for hydroxylation is 1. The number of hydrogen-bond acceptors (Lipinski definition) is 3. The highest BCUT2D eigenvalue weighted by molar-refractivity contribution is 5.95. The summed E-state index contributed by atoms with van der Waals surface area (Å²) in [6, 6.07) is 12.3. The van der Waals surface area contributed by atoms with E-state index in [1.54, 1.807) is 30.3 Å². The first-order valence-corrected chi connectivity index (χ1v) is 8.15. The maximum atomic E-state index is 13.3. The van der Waals surface area contributed by atoms with E-state index in [0.717, 1.165) is 0 Å². The molecule has 0 aliphatic carbocycles. The summed E-state index contributed by atoms with van der Waals surface area (Å²) in [5.74, 6) is -0.684. The number of carbonyl (C=O) groups excluding carboxylic acids is 2. The molecule has 0 atom stereocenters. The number of fused-ring (bicyclic) bond motifs is 1. The number of anilines is 1. The minimum Gasteiger partial charge on any atom is -0.326 e. The van der Waals surface area contributed by atoms with Crippen LogP contribution in [0.25, 0.3) is 10.9 Å². The third-order valence-corrected chi connectivity index (χ3v) is 4.08. The number of benzene rings is 2. The van der Waals surface area contributed by atoms with E-state index in [-0.39, 0.29) is 35.9 Å². The molecule has 0 aliphatic heterocycles. The average Bonchev–Trinajstić information content (AvgIpc) is 2.60. The molecule has 0 spiro atoms. The minimum absolute atomic E-state index is 0.0464. The van der Waals surface area contributed by atoms with Gasteiger partial charge < -0.3 is 10.3 Å². The van der Waals surface area contributed by atoms with E-state index >= 15 is 0 Å². The Morgan fingerprint density at radius 2 is 1.81 bits per heavy atom. The summed E-state index contributed by atoms with van der Waals surface area (Å²) in [5.41, 5.74) is 1.83. The summed E-state index contributed by atoms with van der Waals surface area (Å²) in [6.45, 7) is 1.47. The molecule has 0 bridgehead atoms. The zero-order valence-electron chi connectivity index (χ0n) is 14.1. The van der Waals surface area contributed by atoms with Crippen molar-refractivity contribution in [1.29, 1.82) is 0 Å². The molecule has 0 saturated carbocycles. The van der Waals surface area contributed by atoms with Crippen molar-refractivity contribution in [2.24, 2.45) is 0 Å². The van der Waals surface area contributed by atoms with Crippen molar-refractivity contribution in [1.82, 2.24) is 4.98 Å². The molecule has 2 N–H and O–H groups in total. The molecule has 1 aromatic heterocycles. The zero-order valence-corrected chi connectivity index (χ0v) is 14.1. The van der Waals surface area contributed by atoms with E-state index in [1.165, 1.54) is 25.1 Å². The van der Waals surface area contributed by atoms with Crippen LogP contribution < -0.4 is 10.9 Å². The molecule has 2 aromatic carbocycles. The van der Waals surface area contributed by atoms with E-state index in [9.17, 15) is 18.8 Å². The number of halogens is 1. The van der Waals surface area contributed by atoms with Crippen molar-refractivity contribution in [3.8, 4) is 0 Å². The molecule has 1 amide bonds. The normalized spacial score (nSPS) is 10.7. The topological polar surface area (TPSA) is 79.0 Å². The molecular formula is C20H17FN2O3. The largest absolute Gasteiger partial charge is 0.326 e. The van der Waals surface area contributed by atoms with Gasteiger partial charge in [-0.1, -0.05) is 0 Å². The number of aromatic amines is 1. The van der Waals surface area contributed by atoms with Crippen LogP contribution in [0.5, 0.6) is 0 Å². The van der Waals surface area contributed by atoms with Crippen molar-refractivity contribution in [3.05, 3.63) is 75.8 Å². The first-order valence-electron chi connectivity index (χ1n) is 8.15. The molecule has 0 aliphatic rings. The summed E-state index contributed by atoms with van der Waals surface area (Å²) in [7, 11) is 0.